The van der Waals surface area contributed by atoms with Gasteiger partial charge in [-0.2, -0.15) is 0 Å². The zero-order chi connectivity index (χ0) is 54.1. The van der Waals surface area contributed by atoms with Crippen LogP contribution in [0.5, 0.6) is 0 Å². The van der Waals surface area contributed by atoms with Gasteiger partial charge in [-0.1, -0.05) is 176 Å². The molecule has 9 aromatic rings. The quantitative estimate of drug-likeness (QED) is 0.159. The molecule has 0 saturated carbocycles. The minimum atomic E-state index is -0.204. The van der Waals surface area contributed by atoms with E-state index in [1.165, 1.54) is 122 Å². The molecule has 3 nitrogen and oxygen atoms in total. The van der Waals surface area contributed by atoms with E-state index >= 15 is 0 Å². The summed E-state index contributed by atoms with van der Waals surface area (Å²) in [6, 6.07) is 59.1. The van der Waals surface area contributed by atoms with Gasteiger partial charge in [0.05, 0.1) is 5.69 Å². The number of hydrogen-bond donors (Lipinski definition) is 0. The molecule has 5 heteroatoms. The average molecular weight is 1030 g/mol. The van der Waals surface area contributed by atoms with Gasteiger partial charge in [0.2, 0.25) is 0 Å². The Bertz CT molecular complexity index is 3860. The van der Waals surface area contributed by atoms with E-state index in [0.29, 0.717) is 0 Å². The van der Waals surface area contributed by atoms with E-state index < -0.39 is 0 Å². The van der Waals surface area contributed by atoms with Crippen LogP contribution in [-0.2, 0) is 32.5 Å². The summed E-state index contributed by atoms with van der Waals surface area (Å²) in [5.74, 6) is 0. The van der Waals surface area contributed by atoms with Gasteiger partial charge in [-0.3, -0.25) is 0 Å². The van der Waals surface area contributed by atoms with E-state index in [1.54, 1.807) is 0 Å². The lowest BCUT2D eigenvalue weighted by molar-refractivity contribution is 0.332. The van der Waals surface area contributed by atoms with Crippen LogP contribution in [0.4, 0.5) is 51.2 Å². The largest absolute Gasteiger partial charge is 0.311 e. The van der Waals surface area contributed by atoms with Crippen LogP contribution in [0.1, 0.15) is 155 Å². The van der Waals surface area contributed by atoms with Crippen LogP contribution in [0.25, 0.3) is 20.2 Å². The Balaban J connectivity index is 1.19. The smallest absolute Gasteiger partial charge is 0.252 e. The Morgan fingerprint density at radius 3 is 1.60 bits per heavy atom. The molecule has 388 valence electrons. The van der Waals surface area contributed by atoms with E-state index in [-0.39, 0.29) is 39.2 Å². The van der Waals surface area contributed by atoms with E-state index in [2.05, 4.69) is 270 Å². The second-order valence-corrected chi connectivity index (χ2v) is 29.1. The molecule has 2 aliphatic heterocycles. The van der Waals surface area contributed by atoms with E-state index in [4.69, 9.17) is 0 Å². The molecule has 0 N–H and O–H groups in total. The number of anilines is 9. The van der Waals surface area contributed by atoms with Crippen LogP contribution >= 0.6 is 11.3 Å². The third-order valence-corrected chi connectivity index (χ3v) is 19.8. The number of rotatable bonds is 5. The van der Waals surface area contributed by atoms with Crippen molar-refractivity contribution < 1.29 is 0 Å². The molecule has 3 heterocycles. The number of aryl methyl sites for hydroxylation is 1. The molecule has 77 heavy (non-hydrogen) atoms. The van der Waals surface area contributed by atoms with Gasteiger partial charge in [0.25, 0.3) is 6.71 Å². The molecule has 0 spiro atoms. The van der Waals surface area contributed by atoms with Gasteiger partial charge < -0.3 is 14.7 Å². The summed E-state index contributed by atoms with van der Waals surface area (Å²) < 4.78 is 2.70. The highest BCUT2D eigenvalue weighted by atomic mass is 32.1. The van der Waals surface area contributed by atoms with Crippen LogP contribution in [0.15, 0.2) is 152 Å². The molecule has 4 aliphatic rings. The highest BCUT2D eigenvalue weighted by molar-refractivity contribution is 7.26. The minimum Gasteiger partial charge on any atom is -0.311 e. The van der Waals surface area contributed by atoms with Gasteiger partial charge in [-0.25, -0.2) is 0 Å². The first-order valence-electron chi connectivity index (χ1n) is 28.5. The van der Waals surface area contributed by atoms with Crippen molar-refractivity contribution in [1.82, 2.24) is 0 Å². The Morgan fingerprint density at radius 1 is 0.455 bits per heavy atom. The Kier molecular flexibility index (Phi) is 10.9. The number of para-hydroxylation sites is 2. The standard InChI is InChI=1S/C72H76BN3S/c1-44-36-51-53(70(10,11)35-34-69(51,8)9)41-58(44)76-60-42-54-52(71(12,13)43-72(54,14)15)40-56(60)73-55-32-30-48(74(46-24-18-16-19-25-46)47-26-20-17-21-27-47)39-59(55)75(61-37-45(67(2,3)4)38-62(76)65(61)73)57-33-31-50-49-28-22-23-29-63(49)77-66(50)64(57)68(5,6)7/h16-33,36-42H,34-35,43H2,1-15H3. The maximum atomic E-state index is 2.76. The van der Waals surface area contributed by atoms with Crippen molar-refractivity contribution >= 4 is 106 Å². The summed E-state index contributed by atoms with van der Waals surface area (Å²) in [7, 11) is 0. The Hall–Kier alpha value is -6.56. The molecular weight excluding hydrogens is 950 g/mol. The monoisotopic (exact) mass is 1030 g/mol. The number of nitrogens with zero attached hydrogens (tertiary/aromatic N) is 3. The van der Waals surface area contributed by atoms with Crippen molar-refractivity contribution in [3.63, 3.8) is 0 Å². The lowest BCUT2D eigenvalue weighted by Crippen LogP contribution is -2.62. The predicted molar refractivity (Wildman–Crippen MR) is 336 cm³/mol. The van der Waals surface area contributed by atoms with Crippen LogP contribution < -0.4 is 31.1 Å². The van der Waals surface area contributed by atoms with E-state index in [0.717, 1.165) is 23.5 Å². The van der Waals surface area contributed by atoms with Crippen LogP contribution in [-0.4, -0.2) is 6.71 Å². The van der Waals surface area contributed by atoms with Crippen molar-refractivity contribution in [2.75, 3.05) is 14.7 Å². The lowest BCUT2D eigenvalue weighted by atomic mass is 9.33. The molecule has 0 unspecified atom stereocenters. The Labute approximate surface area is 464 Å². The molecule has 13 rings (SSSR count). The molecule has 2 aliphatic carbocycles. The molecular formula is C72H76BN3S. The summed E-state index contributed by atoms with van der Waals surface area (Å²) in [5.41, 5.74) is 25.0. The zero-order valence-electron chi connectivity index (χ0n) is 48.4. The third kappa shape index (κ3) is 7.63. The molecule has 0 fully saturated rings. The summed E-state index contributed by atoms with van der Waals surface area (Å²) in [4.78, 5) is 7.94. The molecule has 0 radical (unpaired) electrons. The highest BCUT2D eigenvalue weighted by Gasteiger charge is 2.50. The molecule has 1 aromatic heterocycles. The fraction of sp³-hybridized carbons (Fsp3) is 0.333. The van der Waals surface area contributed by atoms with Crippen molar-refractivity contribution in [3.05, 3.63) is 191 Å². The summed E-state index contributed by atoms with van der Waals surface area (Å²) >= 11 is 1.95. The van der Waals surface area contributed by atoms with Crippen LogP contribution in [0.2, 0.25) is 0 Å². The Morgan fingerprint density at radius 2 is 0.987 bits per heavy atom. The van der Waals surface area contributed by atoms with E-state index in [1.807, 2.05) is 11.3 Å². The summed E-state index contributed by atoms with van der Waals surface area (Å²) in [6.45, 7) is 36.7. The topological polar surface area (TPSA) is 9.72 Å². The predicted octanol–water partition coefficient (Wildman–Crippen LogP) is 18.8. The van der Waals surface area contributed by atoms with Crippen molar-refractivity contribution in [2.24, 2.45) is 0 Å². The molecule has 8 aromatic carbocycles. The van der Waals surface area contributed by atoms with Gasteiger partial charge in [-0.15, -0.1) is 11.3 Å². The van der Waals surface area contributed by atoms with Crippen molar-refractivity contribution in [2.45, 2.75) is 156 Å². The van der Waals surface area contributed by atoms with Gasteiger partial charge in [0.15, 0.2) is 0 Å². The maximum absolute atomic E-state index is 2.76. The van der Waals surface area contributed by atoms with Gasteiger partial charge in [-0.05, 0) is 187 Å². The number of benzene rings is 8. The average Bonchev–Trinajstić information content (AvgIpc) is 3.90. The lowest BCUT2D eigenvalue weighted by Gasteiger charge is -2.47. The number of hydrogen-bond acceptors (Lipinski definition) is 4. The van der Waals surface area contributed by atoms with Crippen molar-refractivity contribution in [1.29, 1.82) is 0 Å². The van der Waals surface area contributed by atoms with Gasteiger partial charge >= 0.3 is 0 Å². The fourth-order valence-corrected chi connectivity index (χ4v) is 16.2. The molecule has 0 atom stereocenters. The first-order valence-corrected chi connectivity index (χ1v) is 29.3. The number of fused-ring (bicyclic) bond motifs is 9. The van der Waals surface area contributed by atoms with Gasteiger partial charge in [0, 0.05) is 65.7 Å². The highest BCUT2D eigenvalue weighted by Crippen LogP contribution is 2.56. The first-order chi connectivity index (χ1) is 36.3. The molecule has 0 saturated heterocycles. The summed E-state index contributed by atoms with van der Waals surface area (Å²) in [5, 5.41) is 2.67. The van der Waals surface area contributed by atoms with E-state index in [9.17, 15) is 0 Å². The third-order valence-electron chi connectivity index (χ3n) is 18.6. The van der Waals surface area contributed by atoms with Crippen LogP contribution in [0.3, 0.4) is 0 Å². The molecule has 0 bridgehead atoms. The van der Waals surface area contributed by atoms with Crippen LogP contribution in [0, 0.1) is 6.92 Å². The second-order valence-electron chi connectivity index (χ2n) is 28.1. The zero-order valence-corrected chi connectivity index (χ0v) is 49.2. The summed E-state index contributed by atoms with van der Waals surface area (Å²) in [6.07, 6.45) is 3.46. The second kappa shape index (κ2) is 16.7. The van der Waals surface area contributed by atoms with Gasteiger partial charge in [0.1, 0.15) is 0 Å². The SMILES string of the molecule is Cc1cc2c(cc1N1c3cc4c(cc3B3c5ccc(N(c6ccccc6)c6ccccc6)cc5N(c5ccc6c(sc7ccccc76)c5C(C)(C)C)c5cc(C(C)(C)C)cc1c53)C(C)(C)CC4(C)C)C(C)(C)CCC2(C)C. The maximum Gasteiger partial charge on any atom is 0.252 e. The normalized spacial score (nSPS) is 17.5. The number of thiophene rings is 1. The molecule has 0 amide bonds. The first kappa shape index (κ1) is 50.0. The minimum absolute atomic E-state index is 0.00969. The van der Waals surface area contributed by atoms with Crippen molar-refractivity contribution in [3.8, 4) is 0 Å². The fourth-order valence-electron chi connectivity index (χ4n) is 14.8.